The summed E-state index contributed by atoms with van der Waals surface area (Å²) in [7, 11) is -3.29. The molecule has 2 saturated carbocycles. The summed E-state index contributed by atoms with van der Waals surface area (Å²) in [4.78, 5) is 0. The van der Waals surface area contributed by atoms with Gasteiger partial charge in [0.25, 0.3) is 0 Å². The molecule has 0 heterocycles. The Morgan fingerprint density at radius 3 is 2.69 bits per heavy atom. The van der Waals surface area contributed by atoms with Gasteiger partial charge in [0.1, 0.15) is 5.75 Å². The number of hydrogen-bond donors (Lipinski definition) is 1. The molecule has 3 aliphatic rings. The monoisotopic (exact) mass is 454 g/mol. The van der Waals surface area contributed by atoms with Crippen LogP contribution in [0.4, 0.5) is 0 Å². The molecule has 0 radical (unpaired) electrons. The van der Waals surface area contributed by atoms with Crippen molar-refractivity contribution in [2.75, 3.05) is 6.61 Å². The lowest BCUT2D eigenvalue weighted by Gasteiger charge is -2.50. The molecule has 5 heteroatoms. The van der Waals surface area contributed by atoms with E-state index in [4.69, 9.17) is 9.05 Å². The van der Waals surface area contributed by atoms with Crippen molar-refractivity contribution in [2.24, 2.45) is 17.3 Å². The average molecular weight is 455 g/mol. The number of benzene rings is 2. The van der Waals surface area contributed by atoms with Gasteiger partial charge in [0.15, 0.2) is 0 Å². The van der Waals surface area contributed by atoms with Crippen LogP contribution in [0.2, 0.25) is 0 Å². The Balaban J connectivity index is 1.36. The second kappa shape index (κ2) is 8.63. The van der Waals surface area contributed by atoms with Crippen molar-refractivity contribution >= 4 is 7.60 Å². The summed E-state index contributed by atoms with van der Waals surface area (Å²) in [5.74, 6) is 2.51. The Bertz CT molecular complexity index is 1010. The minimum atomic E-state index is -3.29. The minimum absolute atomic E-state index is 0.100. The maximum Gasteiger partial charge on any atom is 0.383 e. The van der Waals surface area contributed by atoms with Crippen LogP contribution < -0.4 is 4.52 Å². The van der Waals surface area contributed by atoms with E-state index in [-0.39, 0.29) is 17.7 Å². The lowest BCUT2D eigenvalue weighted by Crippen LogP contribution is -2.43. The maximum atomic E-state index is 13.5. The van der Waals surface area contributed by atoms with Crippen LogP contribution in [0.1, 0.15) is 68.6 Å². The van der Waals surface area contributed by atoms with E-state index in [9.17, 15) is 9.67 Å². The fourth-order valence-electron chi connectivity index (χ4n) is 6.86. The van der Waals surface area contributed by atoms with E-state index in [2.05, 4.69) is 19.1 Å². The van der Waals surface area contributed by atoms with Gasteiger partial charge in [-0.15, -0.1) is 0 Å². The second-order valence-corrected chi connectivity index (χ2v) is 12.2. The van der Waals surface area contributed by atoms with Gasteiger partial charge in [-0.1, -0.05) is 43.3 Å². The van der Waals surface area contributed by atoms with E-state index in [1.165, 1.54) is 17.5 Å². The Kier molecular flexibility index (Phi) is 5.99. The van der Waals surface area contributed by atoms with Crippen molar-refractivity contribution in [2.45, 2.75) is 70.6 Å². The first-order chi connectivity index (χ1) is 15.4. The Labute approximate surface area is 191 Å². The van der Waals surface area contributed by atoms with Gasteiger partial charge < -0.3 is 9.63 Å². The molecule has 0 saturated heterocycles. The maximum absolute atomic E-state index is 13.5. The zero-order valence-electron chi connectivity index (χ0n) is 19.2. The molecule has 1 unspecified atom stereocenters. The lowest BCUT2D eigenvalue weighted by molar-refractivity contribution is -0.0226. The Morgan fingerprint density at radius 2 is 1.91 bits per heavy atom. The number of aliphatic hydroxyl groups excluding tert-OH is 1. The largest absolute Gasteiger partial charge is 0.424 e. The van der Waals surface area contributed by atoms with Crippen LogP contribution in [-0.2, 0) is 21.7 Å². The van der Waals surface area contributed by atoms with Crippen molar-refractivity contribution < 1.29 is 18.7 Å². The first kappa shape index (κ1) is 22.2. The van der Waals surface area contributed by atoms with E-state index in [0.717, 1.165) is 37.7 Å². The average Bonchev–Trinajstić information content (AvgIpc) is 3.08. The van der Waals surface area contributed by atoms with E-state index in [1.807, 2.05) is 43.3 Å². The highest BCUT2D eigenvalue weighted by Crippen LogP contribution is 2.61. The van der Waals surface area contributed by atoms with Gasteiger partial charge in [-0.3, -0.25) is 4.52 Å². The zero-order valence-corrected chi connectivity index (χ0v) is 20.1. The van der Waals surface area contributed by atoms with E-state index in [0.29, 0.717) is 30.1 Å². The molecule has 32 heavy (non-hydrogen) atoms. The molecule has 1 N–H and O–H groups in total. The first-order valence-electron chi connectivity index (χ1n) is 12.2. The highest BCUT2D eigenvalue weighted by atomic mass is 31.2. The lowest BCUT2D eigenvalue weighted by atomic mass is 9.55. The predicted molar refractivity (Wildman–Crippen MR) is 127 cm³/mol. The fraction of sp³-hybridized carbons (Fsp3) is 0.556. The summed E-state index contributed by atoms with van der Waals surface area (Å²) >= 11 is 0. The third-order valence-corrected chi connectivity index (χ3v) is 10.3. The SMILES string of the molecule is CCOP(=O)(Cc1ccccc1)Oc1ccc2c(c1)CC[C@@H]1[C@@H]2CC[C@]2(C)[C@@H](O)CC[C@@H]12. The highest BCUT2D eigenvalue weighted by molar-refractivity contribution is 7.53. The molecule has 0 bridgehead atoms. The summed E-state index contributed by atoms with van der Waals surface area (Å²) in [5.41, 5.74) is 3.82. The van der Waals surface area contributed by atoms with Crippen LogP contribution in [0.3, 0.4) is 0 Å². The third-order valence-electron chi connectivity index (χ3n) is 8.44. The summed E-state index contributed by atoms with van der Waals surface area (Å²) in [6.45, 7) is 4.52. The molecular formula is C27H35O4P. The molecule has 2 aromatic carbocycles. The van der Waals surface area contributed by atoms with Crippen molar-refractivity contribution in [1.82, 2.24) is 0 Å². The normalized spacial score (nSPS) is 33.0. The van der Waals surface area contributed by atoms with Crippen LogP contribution in [-0.4, -0.2) is 17.8 Å². The molecule has 0 amide bonds. The number of rotatable bonds is 6. The van der Waals surface area contributed by atoms with Crippen molar-refractivity contribution in [3.63, 3.8) is 0 Å². The topological polar surface area (TPSA) is 55.8 Å². The van der Waals surface area contributed by atoms with E-state index >= 15 is 0 Å². The highest BCUT2D eigenvalue weighted by Gasteiger charge is 2.54. The van der Waals surface area contributed by atoms with Crippen LogP contribution in [0, 0.1) is 17.3 Å². The second-order valence-electron chi connectivity index (χ2n) is 10.2. The quantitative estimate of drug-likeness (QED) is 0.493. The Hall–Kier alpha value is -1.61. The van der Waals surface area contributed by atoms with Gasteiger partial charge in [-0.05, 0) is 97.4 Å². The van der Waals surface area contributed by atoms with E-state index < -0.39 is 7.60 Å². The molecule has 5 rings (SSSR count). The van der Waals surface area contributed by atoms with Crippen LogP contribution in [0.15, 0.2) is 48.5 Å². The van der Waals surface area contributed by atoms with Gasteiger partial charge in [0.05, 0.1) is 18.9 Å². The molecule has 0 spiro atoms. The molecule has 2 aromatic rings. The number of hydrogen-bond acceptors (Lipinski definition) is 4. The predicted octanol–water partition coefficient (Wildman–Crippen LogP) is 6.71. The molecule has 2 fully saturated rings. The number of aliphatic hydroxyl groups is 1. The van der Waals surface area contributed by atoms with Gasteiger partial charge in [-0.2, -0.15) is 0 Å². The molecule has 4 nitrogen and oxygen atoms in total. The number of aryl methyl sites for hydroxylation is 1. The summed E-state index contributed by atoms with van der Waals surface area (Å²) in [5, 5.41) is 10.6. The molecule has 3 aliphatic carbocycles. The number of fused-ring (bicyclic) bond motifs is 5. The van der Waals surface area contributed by atoms with Gasteiger partial charge >= 0.3 is 7.60 Å². The molecular weight excluding hydrogens is 419 g/mol. The summed E-state index contributed by atoms with van der Waals surface area (Å²) in [6, 6.07) is 16.0. The summed E-state index contributed by atoms with van der Waals surface area (Å²) in [6.07, 6.45) is 6.69. The van der Waals surface area contributed by atoms with Crippen LogP contribution in [0.5, 0.6) is 5.75 Å². The molecule has 172 valence electrons. The van der Waals surface area contributed by atoms with Crippen molar-refractivity contribution in [3.8, 4) is 5.75 Å². The van der Waals surface area contributed by atoms with Crippen LogP contribution >= 0.6 is 7.60 Å². The minimum Gasteiger partial charge on any atom is -0.424 e. The zero-order chi connectivity index (χ0) is 22.3. The molecule has 6 atom stereocenters. The van der Waals surface area contributed by atoms with Gasteiger partial charge in [0.2, 0.25) is 0 Å². The molecule has 0 aliphatic heterocycles. The molecule has 0 aromatic heterocycles. The van der Waals surface area contributed by atoms with E-state index in [1.54, 1.807) is 0 Å². The Morgan fingerprint density at radius 1 is 1.09 bits per heavy atom. The smallest absolute Gasteiger partial charge is 0.383 e. The van der Waals surface area contributed by atoms with Crippen molar-refractivity contribution in [3.05, 3.63) is 65.2 Å². The standard InChI is InChI=1S/C27H35O4P/c1-3-30-32(29,18-19-7-5-4-6-8-19)31-21-10-12-22-20(17-21)9-11-24-23(22)15-16-27(2)25(24)13-14-26(27)28/h4-8,10,12,17,23-26,28H,3,9,11,13-16,18H2,1-2H3/t23-,24-,25+,26+,27+,32?/m1/s1. The van der Waals surface area contributed by atoms with Gasteiger partial charge in [-0.25, -0.2) is 4.57 Å². The first-order valence-corrected chi connectivity index (χ1v) is 13.9. The fourth-order valence-corrected chi connectivity index (χ4v) is 8.55. The van der Waals surface area contributed by atoms with Gasteiger partial charge in [0, 0.05) is 0 Å². The summed E-state index contributed by atoms with van der Waals surface area (Å²) < 4.78 is 25.2. The third kappa shape index (κ3) is 3.95. The van der Waals surface area contributed by atoms with Crippen molar-refractivity contribution in [1.29, 1.82) is 0 Å². The van der Waals surface area contributed by atoms with Crippen LogP contribution in [0.25, 0.3) is 0 Å².